The van der Waals surface area contributed by atoms with E-state index in [0.29, 0.717) is 11.5 Å². The maximum atomic E-state index is 6.97. The van der Waals surface area contributed by atoms with Crippen LogP contribution in [0.25, 0.3) is 44.3 Å². The van der Waals surface area contributed by atoms with Gasteiger partial charge in [0.2, 0.25) is 0 Å². The number of anilines is 4. The zero-order valence-electron chi connectivity index (χ0n) is 39.8. The summed E-state index contributed by atoms with van der Waals surface area (Å²) in [6, 6.07) is 67.8. The summed E-state index contributed by atoms with van der Waals surface area (Å²) in [5, 5.41) is 2.17. The van der Waals surface area contributed by atoms with Crippen molar-refractivity contribution in [2.75, 3.05) is 9.80 Å². The molecule has 0 saturated heterocycles. The van der Waals surface area contributed by atoms with Gasteiger partial charge in [0.15, 0.2) is 0 Å². The largest absolute Gasteiger partial charge is 0.509 e. The van der Waals surface area contributed by atoms with Crippen LogP contribution in [0, 0.1) is 18.8 Å². The molecule has 1 aliphatic heterocycles. The Kier molecular flexibility index (Phi) is 11.2. The molecule has 0 radical (unpaired) electrons. The van der Waals surface area contributed by atoms with Crippen LogP contribution in [0.3, 0.4) is 0 Å². The Hall–Kier alpha value is -6.91. The predicted molar refractivity (Wildman–Crippen MR) is 277 cm³/mol. The van der Waals surface area contributed by atoms with Crippen molar-refractivity contribution in [2.24, 2.45) is 0 Å². The number of benzene rings is 7. The van der Waals surface area contributed by atoms with Gasteiger partial charge in [-0.1, -0.05) is 157 Å². The molecule has 0 saturated carbocycles. The van der Waals surface area contributed by atoms with Gasteiger partial charge in [-0.05, 0) is 82.1 Å². The van der Waals surface area contributed by atoms with Crippen LogP contribution in [-0.2, 0) is 36.7 Å². The molecule has 4 heterocycles. The van der Waals surface area contributed by atoms with Gasteiger partial charge < -0.3 is 23.7 Å². The van der Waals surface area contributed by atoms with E-state index in [1.807, 2.05) is 12.3 Å². The molecule has 0 amide bonds. The second-order valence-electron chi connectivity index (χ2n) is 20.3. The summed E-state index contributed by atoms with van der Waals surface area (Å²) >= 11 is 0. The van der Waals surface area contributed by atoms with E-state index in [4.69, 9.17) is 9.72 Å². The van der Waals surface area contributed by atoms with Crippen molar-refractivity contribution in [3.8, 4) is 23.0 Å². The number of hydrogen-bond donors (Lipinski definition) is 0. The maximum absolute atomic E-state index is 6.97. The van der Waals surface area contributed by atoms with Gasteiger partial charge in [-0.3, -0.25) is 0 Å². The van der Waals surface area contributed by atoms with Crippen LogP contribution >= 0.6 is 0 Å². The van der Waals surface area contributed by atoms with Crippen LogP contribution in [0.4, 0.5) is 22.7 Å². The van der Waals surface area contributed by atoms with E-state index < -0.39 is 0 Å². The zero-order valence-corrected chi connectivity index (χ0v) is 41.3. The third-order valence-corrected chi connectivity index (χ3v) is 13.5. The summed E-state index contributed by atoms with van der Waals surface area (Å²) in [5.41, 5.74) is 13.8. The van der Waals surface area contributed by atoms with Crippen molar-refractivity contribution in [3.05, 3.63) is 217 Å². The normalized spacial score (nSPS) is 13.1. The molecule has 0 atom stereocenters. The van der Waals surface area contributed by atoms with E-state index in [-0.39, 0.29) is 36.7 Å². The Morgan fingerprint density at radius 1 is 0.485 bits per heavy atom. The van der Waals surface area contributed by atoms with Crippen LogP contribution in [-0.4, -0.2) is 14.1 Å². The molecule has 7 aromatic carbocycles. The summed E-state index contributed by atoms with van der Waals surface area (Å²) < 4.78 is 11.6. The van der Waals surface area contributed by atoms with E-state index in [2.05, 4.69) is 257 Å². The number of hydrogen-bond acceptors (Lipinski definition) is 4. The first-order chi connectivity index (χ1) is 32.2. The molecule has 0 unspecified atom stereocenters. The van der Waals surface area contributed by atoms with Gasteiger partial charge in [0.05, 0.1) is 11.0 Å². The Morgan fingerprint density at radius 3 is 1.85 bits per heavy atom. The third-order valence-electron chi connectivity index (χ3n) is 13.5. The van der Waals surface area contributed by atoms with Gasteiger partial charge in [0, 0.05) is 77.2 Å². The van der Waals surface area contributed by atoms with Crippen LogP contribution in [0.15, 0.2) is 176 Å². The molecule has 342 valence electrons. The van der Waals surface area contributed by atoms with Crippen molar-refractivity contribution in [3.63, 3.8) is 0 Å². The molecule has 0 fully saturated rings. The second-order valence-corrected chi connectivity index (χ2v) is 20.3. The Morgan fingerprint density at radius 2 is 1.12 bits per heavy atom. The van der Waals surface area contributed by atoms with Crippen molar-refractivity contribution in [1.29, 1.82) is 0 Å². The first-order valence-corrected chi connectivity index (χ1v) is 23.2. The molecule has 6 nitrogen and oxygen atoms in total. The van der Waals surface area contributed by atoms with Gasteiger partial charge in [-0.25, -0.2) is 4.98 Å². The second kappa shape index (κ2) is 17.0. The number of rotatable bonds is 8. The molecule has 3 aromatic heterocycles. The predicted octanol–water partition coefficient (Wildman–Crippen LogP) is 15.8. The number of nitrogens with zero attached hydrogens (tertiary/aromatic N) is 5. The van der Waals surface area contributed by atoms with Crippen LogP contribution in [0.1, 0.15) is 77.6 Å². The Labute approximate surface area is 414 Å². The minimum Gasteiger partial charge on any atom is -0.509 e. The fourth-order valence-corrected chi connectivity index (χ4v) is 9.62. The monoisotopic (exact) mass is 978 g/mol. The molecule has 0 spiro atoms. The van der Waals surface area contributed by atoms with Gasteiger partial charge in [-0.15, -0.1) is 48.3 Å². The number of fused-ring (bicyclic) bond motifs is 6. The molecule has 1 aliphatic rings. The standard InChI is InChI=1S/C61H54N5O.Pd/c1-59(2,3)42-22-19-25-46(34-42)63-40-64(54-29-18-17-28-53(54)63)47-35-44(60(4,5)6)36-49(38-47)67-48-30-31-51-55(39-48)66(56-37-43(32-33-62-56)61(7,8)41-20-11-9-12-21-41)58-50-26-15-16-27-52(50)65(57(51)58)45-23-13-10-14-24-45;/h9-37,40H,1-8H3;/q-3;. The van der Waals surface area contributed by atoms with E-state index in [1.54, 1.807) is 0 Å². The molecule has 0 N–H and O–H groups in total. The average molecular weight is 980 g/mol. The topological polar surface area (TPSA) is 38.5 Å². The molecule has 0 aliphatic carbocycles. The maximum Gasteiger partial charge on any atom is 0.135 e. The molecule has 11 rings (SSSR count). The molecule has 7 heteroatoms. The summed E-state index contributed by atoms with van der Waals surface area (Å²) in [7, 11) is 0. The van der Waals surface area contributed by atoms with E-state index in [0.717, 1.165) is 72.7 Å². The smallest absolute Gasteiger partial charge is 0.135 e. The number of para-hydroxylation sites is 4. The first-order valence-electron chi connectivity index (χ1n) is 23.2. The van der Waals surface area contributed by atoms with Gasteiger partial charge >= 0.3 is 0 Å². The summed E-state index contributed by atoms with van der Waals surface area (Å²) in [4.78, 5) is 9.63. The fraction of sp³-hybridized carbons (Fsp3) is 0.180. The quantitative estimate of drug-likeness (QED) is 0.112. The van der Waals surface area contributed by atoms with Crippen molar-refractivity contribution >= 4 is 55.6 Å². The zero-order chi connectivity index (χ0) is 46.2. The molecule has 68 heavy (non-hydrogen) atoms. The summed E-state index contributed by atoms with van der Waals surface area (Å²) in [6.07, 6.45) is 1.94. The minimum absolute atomic E-state index is 0. The molecule has 0 bridgehead atoms. The molecule has 10 aromatic rings. The Balaban J connectivity index is 0.00000539. The van der Waals surface area contributed by atoms with Crippen molar-refractivity contribution < 1.29 is 25.2 Å². The van der Waals surface area contributed by atoms with Crippen molar-refractivity contribution in [2.45, 2.75) is 71.6 Å². The average Bonchev–Trinajstić information content (AvgIpc) is 3.99. The van der Waals surface area contributed by atoms with Gasteiger partial charge in [-0.2, -0.15) is 6.07 Å². The first kappa shape index (κ1) is 44.9. The number of ether oxygens (including phenoxy) is 1. The minimum atomic E-state index is -0.274. The van der Waals surface area contributed by atoms with E-state index in [9.17, 15) is 0 Å². The Bertz CT molecular complexity index is 3480. The van der Waals surface area contributed by atoms with Crippen LogP contribution < -0.4 is 14.5 Å². The molecular formula is C61H54N5OPd-3. The van der Waals surface area contributed by atoms with E-state index in [1.165, 1.54) is 16.7 Å². The van der Waals surface area contributed by atoms with Crippen LogP contribution in [0.2, 0.25) is 0 Å². The van der Waals surface area contributed by atoms with Gasteiger partial charge in [0.25, 0.3) is 0 Å². The third kappa shape index (κ3) is 7.78. The number of pyridine rings is 1. The SMILES string of the molecule is CC(C)(C)c1cc(Oc2[c-]c3c(cc2)c2c(c4ccccc4n2-c2ccccc2)n3-c2cc(C(C)(C)c3ccccc3)ccn2)[c-]c(N2[CH-]N(c3cccc(C(C)(C)C)c3)c3ccccc32)c1.[Pd]. The molecular weight excluding hydrogens is 925 g/mol. The van der Waals surface area contributed by atoms with Crippen LogP contribution in [0.5, 0.6) is 11.5 Å². The summed E-state index contributed by atoms with van der Waals surface area (Å²) in [6.45, 7) is 20.2. The van der Waals surface area contributed by atoms with E-state index >= 15 is 0 Å². The van der Waals surface area contributed by atoms with Gasteiger partial charge in [0.1, 0.15) is 5.82 Å². The fourth-order valence-electron chi connectivity index (χ4n) is 9.62. The van der Waals surface area contributed by atoms with Crippen molar-refractivity contribution in [1.82, 2.24) is 14.1 Å². The number of aromatic nitrogens is 3. The summed E-state index contributed by atoms with van der Waals surface area (Å²) in [5.74, 6) is 2.02.